The molecule has 0 bridgehead atoms. The summed E-state index contributed by atoms with van der Waals surface area (Å²) in [4.78, 5) is 25.3. The standard InChI is InChI=1S/C35H60O5S/c1-8-9-10-11-12-13-14-15-16-17-18-19-20-21-22-23-28(36)29(37)25-41-32-26(33(39)40)24-27(34(2,3)4)31(38)30(32)35(5,6)7/h24,29,37-38H,8-23,25H2,1-7H3,(H,39,40). The summed E-state index contributed by atoms with van der Waals surface area (Å²) in [7, 11) is 0. The molecule has 0 fully saturated rings. The van der Waals surface area contributed by atoms with Gasteiger partial charge in [-0.15, -0.1) is 11.8 Å². The molecular formula is C35H60O5S. The number of carboxylic acid groups (broad SMARTS) is 1. The van der Waals surface area contributed by atoms with Gasteiger partial charge in [0.2, 0.25) is 0 Å². The number of hydrogen-bond acceptors (Lipinski definition) is 5. The molecule has 0 radical (unpaired) electrons. The van der Waals surface area contributed by atoms with E-state index in [0.717, 1.165) is 31.0 Å². The summed E-state index contributed by atoms with van der Waals surface area (Å²) in [5.74, 6) is -1.12. The largest absolute Gasteiger partial charge is 0.507 e. The Morgan fingerprint density at radius 2 is 1.20 bits per heavy atom. The first-order valence-corrected chi connectivity index (χ1v) is 17.2. The number of aromatic hydroxyl groups is 1. The monoisotopic (exact) mass is 592 g/mol. The Kier molecular flexibility index (Phi) is 17.3. The van der Waals surface area contributed by atoms with Gasteiger partial charge in [0, 0.05) is 28.2 Å². The number of aliphatic hydroxyl groups excluding tert-OH is 1. The topological polar surface area (TPSA) is 94.8 Å². The smallest absolute Gasteiger partial charge is 0.336 e. The summed E-state index contributed by atoms with van der Waals surface area (Å²) in [6.45, 7) is 13.9. The van der Waals surface area contributed by atoms with Crippen LogP contribution in [0.4, 0.5) is 0 Å². The highest BCUT2D eigenvalue weighted by Gasteiger charge is 2.33. The van der Waals surface area contributed by atoms with Gasteiger partial charge in [-0.3, -0.25) is 4.79 Å². The second-order valence-electron chi connectivity index (χ2n) is 13.8. The van der Waals surface area contributed by atoms with Crippen molar-refractivity contribution < 1.29 is 24.9 Å². The molecule has 3 N–H and O–H groups in total. The van der Waals surface area contributed by atoms with Crippen LogP contribution in [0.3, 0.4) is 0 Å². The molecule has 1 atom stereocenters. The second-order valence-corrected chi connectivity index (χ2v) is 14.9. The first-order chi connectivity index (χ1) is 19.2. The van der Waals surface area contributed by atoms with Gasteiger partial charge in [0.15, 0.2) is 5.78 Å². The van der Waals surface area contributed by atoms with Crippen LogP contribution in [0.5, 0.6) is 5.75 Å². The molecule has 1 rings (SSSR count). The molecule has 41 heavy (non-hydrogen) atoms. The van der Waals surface area contributed by atoms with E-state index in [4.69, 9.17) is 0 Å². The summed E-state index contributed by atoms with van der Waals surface area (Å²) < 4.78 is 0. The molecule has 0 aliphatic heterocycles. The molecule has 0 aliphatic rings. The second kappa shape index (κ2) is 18.9. The van der Waals surface area contributed by atoms with Crippen molar-refractivity contribution in [1.82, 2.24) is 0 Å². The van der Waals surface area contributed by atoms with E-state index in [2.05, 4.69) is 6.92 Å². The highest BCUT2D eigenvalue weighted by atomic mass is 32.2. The van der Waals surface area contributed by atoms with Crippen molar-refractivity contribution >= 4 is 23.5 Å². The molecule has 0 aromatic heterocycles. The van der Waals surface area contributed by atoms with Crippen molar-refractivity contribution in [2.75, 3.05) is 5.75 Å². The molecule has 6 heteroatoms. The number of aromatic carboxylic acids is 1. The highest BCUT2D eigenvalue weighted by Crippen LogP contribution is 2.46. The van der Waals surface area contributed by atoms with E-state index in [1.807, 2.05) is 41.5 Å². The Bertz CT molecular complexity index is 926. The van der Waals surface area contributed by atoms with Gasteiger partial charge < -0.3 is 15.3 Å². The van der Waals surface area contributed by atoms with Crippen LogP contribution in [0.25, 0.3) is 0 Å². The zero-order chi connectivity index (χ0) is 31.1. The average molecular weight is 593 g/mol. The van der Waals surface area contributed by atoms with Gasteiger partial charge in [0.05, 0.1) is 5.56 Å². The molecule has 0 aliphatic carbocycles. The Balaban J connectivity index is 2.47. The maximum Gasteiger partial charge on any atom is 0.336 e. The molecule has 0 saturated carbocycles. The van der Waals surface area contributed by atoms with Crippen molar-refractivity contribution in [3.05, 3.63) is 22.8 Å². The number of phenols is 1. The predicted molar refractivity (Wildman–Crippen MR) is 174 cm³/mol. The van der Waals surface area contributed by atoms with Crippen molar-refractivity contribution in [2.24, 2.45) is 0 Å². The number of unbranched alkanes of at least 4 members (excludes halogenated alkanes) is 14. The minimum absolute atomic E-state index is 0.0647. The fourth-order valence-electron chi connectivity index (χ4n) is 5.32. The SMILES string of the molecule is CCCCCCCCCCCCCCCCCC(=O)C(O)CSc1c(C(=O)O)cc(C(C)(C)C)c(O)c1C(C)(C)C. The number of benzene rings is 1. The maximum atomic E-state index is 12.6. The van der Waals surface area contributed by atoms with Crippen molar-refractivity contribution in [3.8, 4) is 5.75 Å². The van der Waals surface area contributed by atoms with Gasteiger partial charge in [0.25, 0.3) is 0 Å². The number of carboxylic acids is 1. The van der Waals surface area contributed by atoms with Crippen LogP contribution in [0.1, 0.15) is 173 Å². The molecule has 1 aromatic carbocycles. The fourth-order valence-corrected chi connectivity index (χ4v) is 6.68. The Labute approximate surface area is 255 Å². The van der Waals surface area contributed by atoms with Crippen LogP contribution in [-0.2, 0) is 15.6 Å². The molecule has 0 saturated heterocycles. The molecule has 0 amide bonds. The minimum Gasteiger partial charge on any atom is -0.507 e. The zero-order valence-corrected chi connectivity index (χ0v) is 28.1. The Morgan fingerprint density at radius 3 is 1.59 bits per heavy atom. The van der Waals surface area contributed by atoms with Gasteiger partial charge in [-0.2, -0.15) is 0 Å². The third kappa shape index (κ3) is 14.0. The zero-order valence-electron chi connectivity index (χ0n) is 27.2. The lowest BCUT2D eigenvalue weighted by Gasteiger charge is -2.30. The van der Waals surface area contributed by atoms with Crippen LogP contribution in [0.15, 0.2) is 11.0 Å². The first-order valence-electron chi connectivity index (χ1n) is 16.2. The van der Waals surface area contributed by atoms with Crippen LogP contribution in [0.2, 0.25) is 0 Å². The number of hydrogen-bond donors (Lipinski definition) is 3. The number of aliphatic hydroxyl groups is 1. The minimum atomic E-state index is -1.16. The maximum absolute atomic E-state index is 12.6. The fraction of sp³-hybridized carbons (Fsp3) is 0.771. The lowest BCUT2D eigenvalue weighted by molar-refractivity contribution is -0.126. The summed E-state index contributed by atoms with van der Waals surface area (Å²) in [5.41, 5.74) is 0.258. The van der Waals surface area contributed by atoms with Crippen LogP contribution in [0, 0.1) is 0 Å². The van der Waals surface area contributed by atoms with Gasteiger partial charge in [0.1, 0.15) is 11.9 Å². The van der Waals surface area contributed by atoms with Crippen molar-refractivity contribution in [1.29, 1.82) is 0 Å². The van der Waals surface area contributed by atoms with Gasteiger partial charge >= 0.3 is 5.97 Å². The number of carbonyl (C=O) groups is 2. The highest BCUT2D eigenvalue weighted by molar-refractivity contribution is 7.99. The van der Waals surface area contributed by atoms with Crippen LogP contribution >= 0.6 is 11.8 Å². The van der Waals surface area contributed by atoms with Crippen molar-refractivity contribution in [2.45, 2.75) is 173 Å². The number of Topliss-reactive ketones (excluding diaryl/α,β-unsaturated/α-hetero) is 1. The van der Waals surface area contributed by atoms with E-state index in [9.17, 15) is 24.9 Å². The van der Waals surface area contributed by atoms with Crippen LogP contribution < -0.4 is 0 Å². The summed E-state index contributed by atoms with van der Waals surface area (Å²) >= 11 is 1.15. The third-order valence-corrected chi connectivity index (χ3v) is 9.02. The Morgan fingerprint density at radius 1 is 0.756 bits per heavy atom. The average Bonchev–Trinajstić information content (AvgIpc) is 2.87. The lowest BCUT2D eigenvalue weighted by Crippen LogP contribution is -2.24. The van der Waals surface area contributed by atoms with E-state index in [0.29, 0.717) is 22.4 Å². The van der Waals surface area contributed by atoms with E-state index < -0.39 is 22.9 Å². The Hall–Kier alpha value is -1.53. The molecule has 0 heterocycles. The summed E-state index contributed by atoms with van der Waals surface area (Å²) in [6.07, 6.45) is 18.1. The first kappa shape index (κ1) is 37.5. The van der Waals surface area contributed by atoms with Crippen molar-refractivity contribution in [3.63, 3.8) is 0 Å². The van der Waals surface area contributed by atoms with Gasteiger partial charge in [-0.1, -0.05) is 138 Å². The number of ketones is 1. The van der Waals surface area contributed by atoms with E-state index in [-0.39, 0.29) is 22.8 Å². The lowest BCUT2D eigenvalue weighted by atomic mass is 9.78. The quantitative estimate of drug-likeness (QED) is 0.0971. The van der Waals surface area contributed by atoms with Crippen LogP contribution in [-0.4, -0.2) is 38.9 Å². The number of rotatable bonds is 21. The predicted octanol–water partition coefficient (Wildman–Crippen LogP) is 9.97. The summed E-state index contributed by atoms with van der Waals surface area (Å²) in [5, 5.41) is 31.8. The molecular weight excluding hydrogens is 532 g/mol. The number of phenolic OH excluding ortho intramolecular Hbond substituents is 1. The molecule has 5 nitrogen and oxygen atoms in total. The number of carbonyl (C=O) groups excluding carboxylic acids is 1. The molecule has 236 valence electrons. The van der Waals surface area contributed by atoms with Gasteiger partial charge in [-0.05, 0) is 23.3 Å². The molecule has 1 unspecified atom stereocenters. The van der Waals surface area contributed by atoms with E-state index >= 15 is 0 Å². The molecule has 0 spiro atoms. The van der Waals surface area contributed by atoms with E-state index in [1.165, 1.54) is 77.0 Å². The molecule has 1 aromatic rings. The summed E-state index contributed by atoms with van der Waals surface area (Å²) in [6, 6.07) is 1.54. The number of thioether (sulfide) groups is 1. The van der Waals surface area contributed by atoms with E-state index in [1.54, 1.807) is 6.07 Å². The normalized spacial score (nSPS) is 13.0. The third-order valence-electron chi connectivity index (χ3n) is 7.82. The van der Waals surface area contributed by atoms with Gasteiger partial charge in [-0.25, -0.2) is 4.79 Å².